The number of oxazole rings is 1. The number of hydrogen-bond acceptors (Lipinski definition) is 4. The topological polar surface area (TPSA) is 41.3 Å². The highest BCUT2D eigenvalue weighted by Gasteiger charge is 2.10. The lowest BCUT2D eigenvalue weighted by Crippen LogP contribution is -2.44. The van der Waals surface area contributed by atoms with E-state index in [1.165, 1.54) is 0 Å². The van der Waals surface area contributed by atoms with E-state index in [1.54, 1.807) is 6.26 Å². The lowest BCUT2D eigenvalue weighted by Gasteiger charge is -2.26. The van der Waals surface area contributed by atoms with Crippen molar-refractivity contribution in [3.8, 4) is 0 Å². The molecule has 78 valence electrons. The maximum atomic E-state index is 5.08. The van der Waals surface area contributed by atoms with Gasteiger partial charge in [-0.1, -0.05) is 0 Å². The Balaban J connectivity index is 1.76. The SMILES string of the molecule is Brc1nc(CCN2CCNCC2)co1. The molecule has 1 N–H and O–H groups in total. The first-order valence-corrected chi connectivity index (χ1v) is 5.67. The van der Waals surface area contributed by atoms with Gasteiger partial charge in [-0.05, 0) is 0 Å². The minimum atomic E-state index is 0.577. The van der Waals surface area contributed by atoms with E-state index in [0.29, 0.717) is 4.80 Å². The van der Waals surface area contributed by atoms with Gasteiger partial charge >= 0.3 is 0 Å². The fourth-order valence-electron chi connectivity index (χ4n) is 1.60. The smallest absolute Gasteiger partial charge is 0.264 e. The minimum Gasteiger partial charge on any atom is -0.439 e. The van der Waals surface area contributed by atoms with Crippen LogP contribution in [-0.2, 0) is 6.42 Å². The van der Waals surface area contributed by atoms with Crippen molar-refractivity contribution in [2.24, 2.45) is 0 Å². The maximum absolute atomic E-state index is 5.08. The van der Waals surface area contributed by atoms with Crippen LogP contribution >= 0.6 is 15.9 Å². The van der Waals surface area contributed by atoms with Crippen molar-refractivity contribution in [1.82, 2.24) is 15.2 Å². The minimum absolute atomic E-state index is 0.577. The third-order valence-electron chi connectivity index (χ3n) is 2.42. The molecule has 1 saturated heterocycles. The van der Waals surface area contributed by atoms with Gasteiger partial charge in [0.05, 0.1) is 5.69 Å². The Morgan fingerprint density at radius 1 is 1.50 bits per heavy atom. The molecule has 2 rings (SSSR count). The number of halogens is 1. The predicted octanol–water partition coefficient (Wildman–Crippen LogP) is 0.885. The molecule has 0 aromatic carbocycles. The van der Waals surface area contributed by atoms with Crippen LogP contribution in [0.25, 0.3) is 0 Å². The quantitative estimate of drug-likeness (QED) is 0.876. The summed E-state index contributed by atoms with van der Waals surface area (Å²) in [6, 6.07) is 0. The highest BCUT2D eigenvalue weighted by atomic mass is 79.9. The van der Waals surface area contributed by atoms with Crippen molar-refractivity contribution < 1.29 is 4.42 Å². The number of piperazine rings is 1. The Morgan fingerprint density at radius 3 is 2.93 bits per heavy atom. The molecule has 1 aromatic rings. The van der Waals surface area contributed by atoms with E-state index in [4.69, 9.17) is 4.42 Å². The zero-order valence-electron chi connectivity index (χ0n) is 8.00. The molecular formula is C9H14BrN3O. The van der Waals surface area contributed by atoms with Gasteiger partial charge in [0.15, 0.2) is 0 Å². The van der Waals surface area contributed by atoms with Gasteiger partial charge in [0, 0.05) is 55.1 Å². The molecule has 0 saturated carbocycles. The number of nitrogens with one attached hydrogen (secondary N) is 1. The van der Waals surface area contributed by atoms with E-state index in [0.717, 1.165) is 44.8 Å². The van der Waals surface area contributed by atoms with E-state index < -0.39 is 0 Å². The largest absolute Gasteiger partial charge is 0.439 e. The Bertz CT molecular complexity index is 283. The Kier molecular flexibility index (Phi) is 3.55. The summed E-state index contributed by atoms with van der Waals surface area (Å²) in [4.78, 5) is 7.22. The third kappa shape index (κ3) is 2.80. The Hall–Kier alpha value is -0.390. The zero-order valence-corrected chi connectivity index (χ0v) is 9.59. The van der Waals surface area contributed by atoms with Crippen molar-refractivity contribution in [2.75, 3.05) is 32.7 Å². The van der Waals surface area contributed by atoms with E-state index in [2.05, 4.69) is 31.1 Å². The number of aromatic nitrogens is 1. The monoisotopic (exact) mass is 259 g/mol. The van der Waals surface area contributed by atoms with Crippen LogP contribution in [0, 0.1) is 0 Å². The molecule has 5 heteroatoms. The molecule has 0 radical (unpaired) electrons. The molecule has 4 nitrogen and oxygen atoms in total. The average Bonchev–Trinajstić information content (AvgIpc) is 2.63. The fraction of sp³-hybridized carbons (Fsp3) is 0.667. The molecule has 0 spiro atoms. The van der Waals surface area contributed by atoms with Crippen LogP contribution in [0.15, 0.2) is 15.5 Å². The van der Waals surface area contributed by atoms with Gasteiger partial charge in [-0.15, -0.1) is 0 Å². The van der Waals surface area contributed by atoms with Gasteiger partial charge in [0.2, 0.25) is 0 Å². The average molecular weight is 260 g/mol. The number of hydrogen-bond donors (Lipinski definition) is 1. The molecule has 2 heterocycles. The van der Waals surface area contributed by atoms with E-state index in [9.17, 15) is 0 Å². The van der Waals surface area contributed by atoms with E-state index in [-0.39, 0.29) is 0 Å². The van der Waals surface area contributed by atoms with Gasteiger partial charge < -0.3 is 14.6 Å². The van der Waals surface area contributed by atoms with Gasteiger partial charge in [-0.3, -0.25) is 0 Å². The fourth-order valence-corrected chi connectivity index (χ4v) is 1.93. The molecule has 0 bridgehead atoms. The van der Waals surface area contributed by atoms with Crippen molar-refractivity contribution >= 4 is 15.9 Å². The van der Waals surface area contributed by atoms with Gasteiger partial charge in [0.1, 0.15) is 6.26 Å². The van der Waals surface area contributed by atoms with Crippen LogP contribution in [0.5, 0.6) is 0 Å². The second kappa shape index (κ2) is 4.91. The van der Waals surface area contributed by atoms with Crippen LogP contribution in [0.4, 0.5) is 0 Å². The highest BCUT2D eigenvalue weighted by molar-refractivity contribution is 9.10. The highest BCUT2D eigenvalue weighted by Crippen LogP contribution is 2.09. The summed E-state index contributed by atoms with van der Waals surface area (Å²) in [5.74, 6) is 0. The first kappa shape index (κ1) is 10.1. The maximum Gasteiger partial charge on any atom is 0.264 e. The molecule has 1 fully saturated rings. The summed E-state index contributed by atoms with van der Waals surface area (Å²) in [6.07, 6.45) is 2.68. The van der Waals surface area contributed by atoms with Gasteiger partial charge in [-0.25, -0.2) is 4.98 Å². The standard InChI is InChI=1S/C9H14BrN3O/c10-9-12-8(7-14-9)1-4-13-5-2-11-3-6-13/h7,11H,1-6H2. The molecule has 0 unspecified atom stereocenters. The second-order valence-corrected chi connectivity index (χ2v) is 4.11. The third-order valence-corrected chi connectivity index (χ3v) is 2.78. The number of nitrogens with zero attached hydrogens (tertiary/aromatic N) is 2. The second-order valence-electron chi connectivity index (χ2n) is 3.43. The molecule has 0 aliphatic carbocycles. The lowest BCUT2D eigenvalue weighted by atomic mass is 10.3. The van der Waals surface area contributed by atoms with Crippen molar-refractivity contribution in [3.63, 3.8) is 0 Å². The van der Waals surface area contributed by atoms with Crippen molar-refractivity contribution in [1.29, 1.82) is 0 Å². The predicted molar refractivity (Wildman–Crippen MR) is 57.2 cm³/mol. The Morgan fingerprint density at radius 2 is 2.29 bits per heavy atom. The van der Waals surface area contributed by atoms with Crippen LogP contribution in [0.3, 0.4) is 0 Å². The van der Waals surface area contributed by atoms with Crippen LogP contribution in [-0.4, -0.2) is 42.6 Å². The summed E-state index contributed by atoms with van der Waals surface area (Å²) < 4.78 is 5.08. The van der Waals surface area contributed by atoms with Gasteiger partial charge in [0.25, 0.3) is 4.80 Å². The summed E-state index contributed by atoms with van der Waals surface area (Å²) in [7, 11) is 0. The number of rotatable bonds is 3. The summed E-state index contributed by atoms with van der Waals surface area (Å²) in [6.45, 7) is 5.55. The van der Waals surface area contributed by atoms with Gasteiger partial charge in [-0.2, -0.15) is 0 Å². The van der Waals surface area contributed by atoms with E-state index >= 15 is 0 Å². The van der Waals surface area contributed by atoms with Crippen LogP contribution in [0.1, 0.15) is 5.69 Å². The molecule has 1 aromatic heterocycles. The lowest BCUT2D eigenvalue weighted by molar-refractivity contribution is 0.243. The van der Waals surface area contributed by atoms with Crippen LogP contribution < -0.4 is 5.32 Å². The summed E-state index contributed by atoms with van der Waals surface area (Å²) in [5.41, 5.74) is 1.02. The van der Waals surface area contributed by atoms with E-state index in [1.807, 2.05) is 0 Å². The first-order chi connectivity index (χ1) is 6.84. The molecule has 0 amide bonds. The van der Waals surface area contributed by atoms with Crippen LogP contribution in [0.2, 0.25) is 0 Å². The summed E-state index contributed by atoms with van der Waals surface area (Å²) in [5, 5.41) is 3.33. The Labute approximate surface area is 91.8 Å². The summed E-state index contributed by atoms with van der Waals surface area (Å²) >= 11 is 3.20. The van der Waals surface area contributed by atoms with Crippen molar-refractivity contribution in [3.05, 3.63) is 16.8 Å². The molecule has 1 aliphatic heterocycles. The molecular weight excluding hydrogens is 246 g/mol. The normalized spacial score (nSPS) is 18.6. The molecule has 1 aliphatic rings. The zero-order chi connectivity index (χ0) is 9.80. The molecule has 14 heavy (non-hydrogen) atoms. The first-order valence-electron chi connectivity index (χ1n) is 4.87. The van der Waals surface area contributed by atoms with Crippen molar-refractivity contribution in [2.45, 2.75) is 6.42 Å². The molecule has 0 atom stereocenters.